The monoisotopic (exact) mass is 396 g/mol. The van der Waals surface area contributed by atoms with E-state index in [0.29, 0.717) is 11.9 Å². The summed E-state index contributed by atoms with van der Waals surface area (Å²) in [5.74, 6) is -0.189. The average molecular weight is 397 g/mol. The minimum absolute atomic E-state index is 0.0229. The van der Waals surface area contributed by atoms with Gasteiger partial charge in [-0.1, -0.05) is 25.1 Å². The standard InChI is InChI=1S/C21H24N4O2S/c1-2-16-11-17-20(28-16)23-14-25(21(17)27)13-19(26)22-12-15-7-3-4-8-18(15)24-9-5-6-10-24/h3-4,7-8,11,14H,2,5-6,9-10,12-13H2,1H3,(H,22,26). The SMILES string of the molecule is CCc1cc2c(=O)n(CC(=O)NCc3ccccc3N3CCCC3)cnc2s1. The van der Waals surface area contributed by atoms with Crippen LogP contribution in [0.5, 0.6) is 0 Å². The molecule has 1 N–H and O–H groups in total. The van der Waals surface area contributed by atoms with Crippen molar-refractivity contribution in [3.05, 3.63) is 57.5 Å². The number of thiophene rings is 1. The van der Waals surface area contributed by atoms with Crippen LogP contribution in [0.25, 0.3) is 10.2 Å². The highest BCUT2D eigenvalue weighted by Crippen LogP contribution is 2.24. The van der Waals surface area contributed by atoms with Crippen molar-refractivity contribution in [1.82, 2.24) is 14.9 Å². The van der Waals surface area contributed by atoms with E-state index in [1.54, 1.807) is 0 Å². The van der Waals surface area contributed by atoms with E-state index in [1.165, 1.54) is 40.8 Å². The van der Waals surface area contributed by atoms with Crippen LogP contribution in [0.1, 0.15) is 30.2 Å². The van der Waals surface area contributed by atoms with Gasteiger partial charge in [0, 0.05) is 30.2 Å². The summed E-state index contributed by atoms with van der Waals surface area (Å²) < 4.78 is 1.39. The van der Waals surface area contributed by atoms with Gasteiger partial charge in [-0.25, -0.2) is 4.98 Å². The number of carbonyl (C=O) groups excluding carboxylic acids is 1. The van der Waals surface area contributed by atoms with Crippen molar-refractivity contribution in [2.24, 2.45) is 0 Å². The van der Waals surface area contributed by atoms with Gasteiger partial charge in [-0.3, -0.25) is 14.2 Å². The van der Waals surface area contributed by atoms with E-state index < -0.39 is 0 Å². The first kappa shape index (κ1) is 18.7. The molecule has 3 heterocycles. The molecule has 0 unspecified atom stereocenters. The first-order valence-electron chi connectivity index (χ1n) is 9.73. The number of nitrogens with one attached hydrogen (secondary N) is 1. The number of aryl methyl sites for hydroxylation is 1. The summed E-state index contributed by atoms with van der Waals surface area (Å²) in [5, 5.41) is 3.55. The lowest BCUT2D eigenvalue weighted by atomic mass is 10.1. The molecule has 146 valence electrons. The van der Waals surface area contributed by atoms with Crippen molar-refractivity contribution >= 4 is 33.1 Å². The molecular formula is C21H24N4O2S. The number of amides is 1. The molecule has 1 aliphatic rings. The highest BCUT2D eigenvalue weighted by molar-refractivity contribution is 7.18. The Bertz CT molecular complexity index is 1050. The van der Waals surface area contributed by atoms with Crippen LogP contribution in [0, 0.1) is 0 Å². The van der Waals surface area contributed by atoms with E-state index in [-0.39, 0.29) is 18.0 Å². The summed E-state index contributed by atoms with van der Waals surface area (Å²) >= 11 is 1.53. The maximum absolute atomic E-state index is 12.6. The third-order valence-electron chi connectivity index (χ3n) is 5.15. The van der Waals surface area contributed by atoms with Gasteiger partial charge in [-0.2, -0.15) is 0 Å². The lowest BCUT2D eigenvalue weighted by molar-refractivity contribution is -0.121. The highest BCUT2D eigenvalue weighted by atomic mass is 32.1. The predicted molar refractivity (Wildman–Crippen MR) is 113 cm³/mol. The predicted octanol–water partition coefficient (Wildman–Crippen LogP) is 2.94. The Morgan fingerprint density at radius 2 is 2.04 bits per heavy atom. The molecule has 0 radical (unpaired) electrons. The molecule has 0 spiro atoms. The zero-order valence-electron chi connectivity index (χ0n) is 16.0. The second-order valence-electron chi connectivity index (χ2n) is 7.06. The van der Waals surface area contributed by atoms with Crippen LogP contribution in [0.3, 0.4) is 0 Å². The Morgan fingerprint density at radius 1 is 1.25 bits per heavy atom. The topological polar surface area (TPSA) is 67.2 Å². The fraction of sp³-hybridized carbons (Fsp3) is 0.381. The van der Waals surface area contributed by atoms with E-state index >= 15 is 0 Å². The first-order chi connectivity index (χ1) is 13.7. The second-order valence-corrected chi connectivity index (χ2v) is 8.18. The molecule has 28 heavy (non-hydrogen) atoms. The van der Waals surface area contributed by atoms with Crippen molar-refractivity contribution in [1.29, 1.82) is 0 Å². The Labute approximate surface area is 167 Å². The van der Waals surface area contributed by atoms with Gasteiger partial charge >= 0.3 is 0 Å². The van der Waals surface area contributed by atoms with Crippen molar-refractivity contribution in [2.45, 2.75) is 39.3 Å². The first-order valence-corrected chi connectivity index (χ1v) is 10.5. The number of nitrogens with zero attached hydrogens (tertiary/aromatic N) is 3. The number of rotatable bonds is 6. The zero-order chi connectivity index (χ0) is 19.5. The number of para-hydroxylation sites is 1. The van der Waals surface area contributed by atoms with Crippen LogP contribution in [0.2, 0.25) is 0 Å². The van der Waals surface area contributed by atoms with E-state index in [1.807, 2.05) is 24.3 Å². The molecule has 3 aromatic rings. The molecule has 6 nitrogen and oxygen atoms in total. The van der Waals surface area contributed by atoms with Gasteiger partial charge in [0.1, 0.15) is 11.4 Å². The summed E-state index contributed by atoms with van der Waals surface area (Å²) in [4.78, 5) is 33.7. The Morgan fingerprint density at radius 3 is 2.82 bits per heavy atom. The van der Waals surface area contributed by atoms with Crippen LogP contribution in [-0.4, -0.2) is 28.5 Å². The van der Waals surface area contributed by atoms with Crippen LogP contribution < -0.4 is 15.8 Å². The molecule has 1 fully saturated rings. The molecule has 2 aromatic heterocycles. The lowest BCUT2D eigenvalue weighted by Crippen LogP contribution is -2.32. The maximum Gasteiger partial charge on any atom is 0.262 e. The summed E-state index contributed by atoms with van der Waals surface area (Å²) in [7, 11) is 0. The number of benzene rings is 1. The van der Waals surface area contributed by atoms with Crippen LogP contribution >= 0.6 is 11.3 Å². The smallest absolute Gasteiger partial charge is 0.262 e. The lowest BCUT2D eigenvalue weighted by Gasteiger charge is -2.21. The minimum atomic E-state index is -0.189. The third-order valence-corrected chi connectivity index (χ3v) is 6.33. The molecule has 1 saturated heterocycles. The minimum Gasteiger partial charge on any atom is -0.371 e. The molecule has 0 bridgehead atoms. The molecule has 1 aliphatic heterocycles. The van der Waals surface area contributed by atoms with Crippen LogP contribution in [0.4, 0.5) is 5.69 Å². The molecule has 1 aromatic carbocycles. The summed E-state index contributed by atoms with van der Waals surface area (Å²) in [6.45, 7) is 4.61. The van der Waals surface area contributed by atoms with E-state index in [2.05, 4.69) is 28.2 Å². The number of anilines is 1. The summed E-state index contributed by atoms with van der Waals surface area (Å²) in [6, 6.07) is 10.1. The largest absolute Gasteiger partial charge is 0.371 e. The third kappa shape index (κ3) is 3.80. The van der Waals surface area contributed by atoms with Gasteiger partial charge in [0.2, 0.25) is 5.91 Å². The molecule has 7 heteroatoms. The quantitative estimate of drug-likeness (QED) is 0.696. The van der Waals surface area contributed by atoms with Gasteiger partial charge in [-0.15, -0.1) is 11.3 Å². The Balaban J connectivity index is 1.45. The van der Waals surface area contributed by atoms with Gasteiger partial charge in [-0.05, 0) is 37.0 Å². The van der Waals surface area contributed by atoms with Gasteiger partial charge < -0.3 is 10.2 Å². The number of aromatic nitrogens is 2. The fourth-order valence-electron chi connectivity index (χ4n) is 3.63. The van der Waals surface area contributed by atoms with Gasteiger partial charge in [0.15, 0.2) is 0 Å². The normalized spacial score (nSPS) is 14.0. The van der Waals surface area contributed by atoms with E-state index in [0.717, 1.165) is 34.8 Å². The van der Waals surface area contributed by atoms with E-state index in [9.17, 15) is 9.59 Å². The van der Waals surface area contributed by atoms with Crippen molar-refractivity contribution in [2.75, 3.05) is 18.0 Å². The maximum atomic E-state index is 12.6. The second kappa shape index (κ2) is 8.14. The van der Waals surface area contributed by atoms with Crippen LogP contribution in [0.15, 0.2) is 41.5 Å². The summed E-state index contributed by atoms with van der Waals surface area (Å²) in [6.07, 6.45) is 4.76. The number of hydrogen-bond acceptors (Lipinski definition) is 5. The van der Waals surface area contributed by atoms with E-state index in [4.69, 9.17) is 0 Å². The van der Waals surface area contributed by atoms with Crippen molar-refractivity contribution < 1.29 is 4.79 Å². The van der Waals surface area contributed by atoms with Gasteiger partial charge in [0.25, 0.3) is 5.56 Å². The van der Waals surface area contributed by atoms with Crippen LogP contribution in [-0.2, 0) is 24.3 Å². The number of carbonyl (C=O) groups is 1. The fourth-order valence-corrected chi connectivity index (χ4v) is 4.55. The Hall–Kier alpha value is -2.67. The Kier molecular flexibility index (Phi) is 5.43. The van der Waals surface area contributed by atoms with Crippen molar-refractivity contribution in [3.8, 4) is 0 Å². The molecular weight excluding hydrogens is 372 g/mol. The zero-order valence-corrected chi connectivity index (χ0v) is 16.8. The average Bonchev–Trinajstić information content (AvgIpc) is 3.39. The van der Waals surface area contributed by atoms with Crippen molar-refractivity contribution in [3.63, 3.8) is 0 Å². The molecule has 4 rings (SSSR count). The molecule has 0 aliphatic carbocycles. The number of fused-ring (bicyclic) bond motifs is 1. The number of hydrogen-bond donors (Lipinski definition) is 1. The highest BCUT2D eigenvalue weighted by Gasteiger charge is 2.16. The molecule has 1 amide bonds. The van der Waals surface area contributed by atoms with Gasteiger partial charge in [0.05, 0.1) is 11.7 Å². The molecule has 0 saturated carbocycles. The molecule has 0 atom stereocenters. The summed E-state index contributed by atoms with van der Waals surface area (Å²) in [5.41, 5.74) is 2.13.